The molecule has 0 aromatic heterocycles. The lowest BCUT2D eigenvalue weighted by atomic mass is 9.88. The Bertz CT molecular complexity index is 336. The fraction of sp³-hybridized carbons (Fsp3) is 0.273. The molecule has 0 spiro atoms. The van der Waals surface area contributed by atoms with Crippen molar-refractivity contribution in [2.24, 2.45) is 5.73 Å². The first-order valence-corrected chi connectivity index (χ1v) is 4.41. The first kappa shape index (κ1) is 8.45. The Kier molecular flexibility index (Phi) is 1.93. The van der Waals surface area contributed by atoms with Crippen LogP contribution in [0.15, 0.2) is 36.4 Å². The Balaban J connectivity index is 2.40. The van der Waals surface area contributed by atoms with E-state index < -0.39 is 5.54 Å². The van der Waals surface area contributed by atoms with Gasteiger partial charge < -0.3 is 5.73 Å². The monoisotopic (exact) mass is 177 g/mol. The molecule has 1 aliphatic carbocycles. The predicted molar refractivity (Wildman–Crippen MR) is 50.6 cm³/mol. The van der Waals surface area contributed by atoms with Gasteiger partial charge in [-0.2, -0.15) is 0 Å². The second-order valence-electron chi connectivity index (χ2n) is 3.52. The van der Waals surface area contributed by atoms with Gasteiger partial charge in [0.1, 0.15) is 5.82 Å². The number of hydrogen-bond donors (Lipinski definition) is 1. The summed E-state index contributed by atoms with van der Waals surface area (Å²) < 4.78 is 13.4. The summed E-state index contributed by atoms with van der Waals surface area (Å²) >= 11 is 0. The minimum Gasteiger partial charge on any atom is -0.321 e. The summed E-state index contributed by atoms with van der Waals surface area (Å²) in [6.07, 6.45) is 5.47. The average Bonchev–Trinajstić information content (AvgIpc) is 2.54. The Hall–Kier alpha value is -1.15. The Morgan fingerprint density at radius 3 is 2.38 bits per heavy atom. The molecule has 0 radical (unpaired) electrons. The summed E-state index contributed by atoms with van der Waals surface area (Å²) in [4.78, 5) is 0. The number of benzene rings is 1. The van der Waals surface area contributed by atoms with E-state index in [1.807, 2.05) is 18.2 Å². The van der Waals surface area contributed by atoms with E-state index in [1.54, 1.807) is 12.1 Å². The van der Waals surface area contributed by atoms with Gasteiger partial charge in [0.05, 0.1) is 5.54 Å². The molecule has 0 amide bonds. The van der Waals surface area contributed by atoms with Crippen LogP contribution in [0.4, 0.5) is 4.39 Å². The van der Waals surface area contributed by atoms with Crippen LogP contribution in [-0.2, 0) is 5.54 Å². The van der Waals surface area contributed by atoms with Crippen LogP contribution >= 0.6 is 0 Å². The van der Waals surface area contributed by atoms with Gasteiger partial charge in [-0.3, -0.25) is 0 Å². The third kappa shape index (κ3) is 1.38. The highest BCUT2D eigenvalue weighted by molar-refractivity contribution is 5.29. The van der Waals surface area contributed by atoms with E-state index in [9.17, 15) is 4.39 Å². The predicted octanol–water partition coefficient (Wildman–Crippen LogP) is 2.33. The van der Waals surface area contributed by atoms with E-state index in [0.29, 0.717) is 5.56 Å². The maximum Gasteiger partial charge on any atom is 0.128 e. The summed E-state index contributed by atoms with van der Waals surface area (Å²) in [6.45, 7) is 0. The molecule has 0 saturated carbocycles. The standard InChI is InChI=1S/C11H12FN/c12-10-6-2-1-5-9(10)11(13)7-3-4-8-11/h1-6H,7-8,13H2. The molecule has 1 aromatic rings. The largest absolute Gasteiger partial charge is 0.321 e. The third-order valence-electron chi connectivity index (χ3n) is 2.54. The molecule has 2 rings (SSSR count). The van der Waals surface area contributed by atoms with Gasteiger partial charge >= 0.3 is 0 Å². The summed E-state index contributed by atoms with van der Waals surface area (Å²) in [6, 6.07) is 6.74. The Labute approximate surface area is 77.1 Å². The molecule has 0 bridgehead atoms. The van der Waals surface area contributed by atoms with Gasteiger partial charge in [0.15, 0.2) is 0 Å². The first-order chi connectivity index (χ1) is 6.22. The van der Waals surface area contributed by atoms with Crippen molar-refractivity contribution in [2.45, 2.75) is 18.4 Å². The van der Waals surface area contributed by atoms with Crippen LogP contribution in [0, 0.1) is 5.82 Å². The molecular weight excluding hydrogens is 165 g/mol. The van der Waals surface area contributed by atoms with Crippen LogP contribution in [0.5, 0.6) is 0 Å². The molecule has 13 heavy (non-hydrogen) atoms. The molecule has 0 atom stereocenters. The van der Waals surface area contributed by atoms with Crippen LogP contribution in [-0.4, -0.2) is 0 Å². The van der Waals surface area contributed by atoms with Crippen molar-refractivity contribution < 1.29 is 4.39 Å². The molecular formula is C11H12FN. The van der Waals surface area contributed by atoms with Crippen LogP contribution in [0.3, 0.4) is 0 Å². The lowest BCUT2D eigenvalue weighted by Crippen LogP contribution is -2.34. The summed E-state index contributed by atoms with van der Waals surface area (Å²) in [5.41, 5.74) is 6.20. The van der Waals surface area contributed by atoms with E-state index in [0.717, 1.165) is 12.8 Å². The number of halogens is 1. The smallest absolute Gasteiger partial charge is 0.128 e. The molecule has 2 heteroatoms. The summed E-state index contributed by atoms with van der Waals surface area (Å²) in [5.74, 6) is -0.200. The molecule has 0 saturated heterocycles. The lowest BCUT2D eigenvalue weighted by Gasteiger charge is -2.24. The van der Waals surface area contributed by atoms with Crippen LogP contribution in [0.25, 0.3) is 0 Å². The Morgan fingerprint density at radius 1 is 1.15 bits per heavy atom. The van der Waals surface area contributed by atoms with E-state index in [4.69, 9.17) is 5.73 Å². The highest BCUT2D eigenvalue weighted by Crippen LogP contribution is 2.32. The zero-order valence-electron chi connectivity index (χ0n) is 7.33. The van der Waals surface area contributed by atoms with Gasteiger partial charge in [-0.15, -0.1) is 0 Å². The average molecular weight is 177 g/mol. The molecule has 2 N–H and O–H groups in total. The maximum atomic E-state index is 13.4. The van der Waals surface area contributed by atoms with Gasteiger partial charge in [0, 0.05) is 5.56 Å². The second-order valence-corrected chi connectivity index (χ2v) is 3.52. The zero-order chi connectivity index (χ0) is 9.31. The molecule has 1 aliphatic rings. The van der Waals surface area contributed by atoms with E-state index in [2.05, 4.69) is 0 Å². The quantitative estimate of drug-likeness (QED) is 0.654. The van der Waals surface area contributed by atoms with Crippen molar-refractivity contribution >= 4 is 0 Å². The molecule has 0 heterocycles. The van der Waals surface area contributed by atoms with E-state index in [1.165, 1.54) is 6.07 Å². The van der Waals surface area contributed by atoms with Crippen molar-refractivity contribution in [3.05, 3.63) is 47.8 Å². The zero-order valence-corrected chi connectivity index (χ0v) is 7.33. The van der Waals surface area contributed by atoms with Crippen LogP contribution in [0.2, 0.25) is 0 Å². The third-order valence-corrected chi connectivity index (χ3v) is 2.54. The Morgan fingerprint density at radius 2 is 1.77 bits per heavy atom. The van der Waals surface area contributed by atoms with Crippen LogP contribution < -0.4 is 5.73 Å². The minimum absolute atomic E-state index is 0.200. The van der Waals surface area contributed by atoms with Gasteiger partial charge in [-0.05, 0) is 18.9 Å². The number of rotatable bonds is 1. The molecule has 0 aliphatic heterocycles. The molecule has 0 unspecified atom stereocenters. The summed E-state index contributed by atoms with van der Waals surface area (Å²) in [7, 11) is 0. The normalized spacial score (nSPS) is 19.2. The van der Waals surface area contributed by atoms with E-state index in [-0.39, 0.29) is 5.82 Å². The van der Waals surface area contributed by atoms with Gasteiger partial charge in [-0.1, -0.05) is 30.4 Å². The van der Waals surface area contributed by atoms with Crippen molar-refractivity contribution in [1.82, 2.24) is 0 Å². The van der Waals surface area contributed by atoms with Crippen molar-refractivity contribution in [3.63, 3.8) is 0 Å². The molecule has 1 nitrogen and oxygen atoms in total. The second kappa shape index (κ2) is 2.96. The minimum atomic E-state index is -0.509. The summed E-state index contributed by atoms with van der Waals surface area (Å²) in [5, 5.41) is 0. The number of hydrogen-bond acceptors (Lipinski definition) is 1. The first-order valence-electron chi connectivity index (χ1n) is 4.41. The fourth-order valence-corrected chi connectivity index (χ4v) is 1.76. The van der Waals surface area contributed by atoms with Crippen molar-refractivity contribution in [1.29, 1.82) is 0 Å². The van der Waals surface area contributed by atoms with Gasteiger partial charge in [-0.25, -0.2) is 4.39 Å². The topological polar surface area (TPSA) is 26.0 Å². The van der Waals surface area contributed by atoms with Gasteiger partial charge in [0.2, 0.25) is 0 Å². The van der Waals surface area contributed by atoms with E-state index >= 15 is 0 Å². The number of nitrogens with two attached hydrogens (primary N) is 1. The molecule has 0 fully saturated rings. The highest BCUT2D eigenvalue weighted by Gasteiger charge is 2.30. The lowest BCUT2D eigenvalue weighted by molar-refractivity contribution is 0.448. The molecule has 68 valence electrons. The van der Waals surface area contributed by atoms with Crippen LogP contribution in [0.1, 0.15) is 18.4 Å². The fourth-order valence-electron chi connectivity index (χ4n) is 1.76. The maximum absolute atomic E-state index is 13.4. The van der Waals surface area contributed by atoms with Crippen molar-refractivity contribution in [2.75, 3.05) is 0 Å². The highest BCUT2D eigenvalue weighted by atomic mass is 19.1. The molecule has 1 aromatic carbocycles. The van der Waals surface area contributed by atoms with Crippen molar-refractivity contribution in [3.8, 4) is 0 Å². The van der Waals surface area contributed by atoms with Gasteiger partial charge in [0.25, 0.3) is 0 Å². The SMILES string of the molecule is NC1(c2ccccc2F)CC=CC1.